The van der Waals surface area contributed by atoms with E-state index in [1.54, 1.807) is 13.8 Å². The summed E-state index contributed by atoms with van der Waals surface area (Å²) in [5, 5.41) is 2.57. The van der Waals surface area contributed by atoms with Crippen molar-refractivity contribution in [3.05, 3.63) is 0 Å². The average molecular weight is 242 g/mol. The lowest BCUT2D eigenvalue weighted by atomic mass is 9.99. The van der Waals surface area contributed by atoms with E-state index < -0.39 is 17.5 Å². The summed E-state index contributed by atoms with van der Waals surface area (Å²) in [6.07, 6.45) is 1.19. The highest BCUT2D eigenvalue weighted by atomic mass is 16.5. The zero-order valence-electron chi connectivity index (χ0n) is 10.4. The van der Waals surface area contributed by atoms with E-state index in [0.29, 0.717) is 19.4 Å². The normalized spacial score (nSPS) is 23.8. The first-order valence-electron chi connectivity index (χ1n) is 5.74. The summed E-state index contributed by atoms with van der Waals surface area (Å²) in [6, 6.07) is -0.534. The molecule has 17 heavy (non-hydrogen) atoms. The van der Waals surface area contributed by atoms with Crippen LogP contribution >= 0.6 is 0 Å². The lowest BCUT2D eigenvalue weighted by Gasteiger charge is -2.18. The van der Waals surface area contributed by atoms with Crippen LogP contribution in [-0.2, 0) is 14.3 Å². The molecule has 0 aromatic rings. The molecule has 1 aliphatic rings. The van der Waals surface area contributed by atoms with Crippen molar-refractivity contribution in [2.24, 2.45) is 0 Å². The molecule has 0 aromatic heterocycles. The molecule has 0 aromatic carbocycles. The first kappa shape index (κ1) is 13.5. The number of imide groups is 1. The fourth-order valence-corrected chi connectivity index (χ4v) is 1.52. The third kappa shape index (κ3) is 2.75. The largest absolute Gasteiger partial charge is 0.464 e. The van der Waals surface area contributed by atoms with Gasteiger partial charge in [0.15, 0.2) is 0 Å². The smallest absolute Gasteiger partial charge is 0.326 e. The van der Waals surface area contributed by atoms with Gasteiger partial charge < -0.3 is 10.1 Å². The van der Waals surface area contributed by atoms with Crippen LogP contribution in [0.3, 0.4) is 0 Å². The van der Waals surface area contributed by atoms with Crippen LogP contribution < -0.4 is 5.32 Å². The molecule has 1 heterocycles. The van der Waals surface area contributed by atoms with Gasteiger partial charge in [0.1, 0.15) is 12.1 Å². The van der Waals surface area contributed by atoms with E-state index in [0.717, 1.165) is 4.90 Å². The second-order valence-corrected chi connectivity index (χ2v) is 4.23. The van der Waals surface area contributed by atoms with Gasteiger partial charge in [0.2, 0.25) is 0 Å². The molecule has 96 valence electrons. The first-order valence-corrected chi connectivity index (χ1v) is 5.74. The van der Waals surface area contributed by atoms with E-state index in [9.17, 15) is 14.4 Å². The fourth-order valence-electron chi connectivity index (χ4n) is 1.52. The molecule has 6 heteroatoms. The van der Waals surface area contributed by atoms with Crippen molar-refractivity contribution in [3.8, 4) is 0 Å². The molecule has 1 aliphatic heterocycles. The highest BCUT2D eigenvalue weighted by Crippen LogP contribution is 2.20. The third-order valence-electron chi connectivity index (χ3n) is 2.81. The molecule has 0 spiro atoms. The van der Waals surface area contributed by atoms with Crippen LogP contribution in [0.15, 0.2) is 0 Å². The first-order chi connectivity index (χ1) is 7.94. The van der Waals surface area contributed by atoms with Gasteiger partial charge in [-0.3, -0.25) is 14.5 Å². The minimum Gasteiger partial charge on any atom is -0.464 e. The minimum absolute atomic E-state index is 0.299. The van der Waals surface area contributed by atoms with Crippen molar-refractivity contribution in [1.82, 2.24) is 10.2 Å². The van der Waals surface area contributed by atoms with Gasteiger partial charge in [-0.25, -0.2) is 4.79 Å². The van der Waals surface area contributed by atoms with Gasteiger partial charge in [-0.1, -0.05) is 13.8 Å². The van der Waals surface area contributed by atoms with Gasteiger partial charge in [0.25, 0.3) is 5.91 Å². The van der Waals surface area contributed by atoms with E-state index in [1.165, 1.54) is 0 Å². The van der Waals surface area contributed by atoms with E-state index in [4.69, 9.17) is 4.74 Å². The van der Waals surface area contributed by atoms with Crippen LogP contribution in [0, 0.1) is 0 Å². The monoisotopic (exact) mass is 242 g/mol. The molecule has 0 saturated carbocycles. The molecule has 1 saturated heterocycles. The van der Waals surface area contributed by atoms with Gasteiger partial charge in [-0.05, 0) is 19.8 Å². The molecule has 0 unspecified atom stereocenters. The third-order valence-corrected chi connectivity index (χ3v) is 2.81. The Morgan fingerprint density at radius 3 is 2.53 bits per heavy atom. The van der Waals surface area contributed by atoms with Crippen molar-refractivity contribution in [3.63, 3.8) is 0 Å². The Kier molecular flexibility index (Phi) is 4.09. The SMILES string of the molecule is CCCOC(=O)CN1C(=O)N[C@](C)(CC)C1=O. The average Bonchev–Trinajstić information content (AvgIpc) is 2.51. The van der Waals surface area contributed by atoms with Gasteiger partial charge in [-0.15, -0.1) is 0 Å². The summed E-state index contributed by atoms with van der Waals surface area (Å²) in [6.45, 7) is 5.30. The molecule has 0 radical (unpaired) electrons. The number of carbonyl (C=O) groups excluding carboxylic acids is 3. The summed E-state index contributed by atoms with van der Waals surface area (Å²) in [4.78, 5) is 35.7. The molecule has 1 N–H and O–H groups in total. The van der Waals surface area contributed by atoms with Gasteiger partial charge in [0, 0.05) is 0 Å². The molecule has 1 rings (SSSR count). The van der Waals surface area contributed by atoms with Crippen molar-refractivity contribution in [1.29, 1.82) is 0 Å². The Morgan fingerprint density at radius 2 is 2.06 bits per heavy atom. The zero-order valence-corrected chi connectivity index (χ0v) is 10.4. The second kappa shape index (κ2) is 5.16. The molecule has 0 aliphatic carbocycles. The summed E-state index contributed by atoms with van der Waals surface area (Å²) in [5.41, 5.74) is -0.901. The Bertz CT molecular complexity index is 342. The number of nitrogens with one attached hydrogen (secondary N) is 1. The van der Waals surface area contributed by atoms with Crippen LogP contribution in [0.4, 0.5) is 4.79 Å². The van der Waals surface area contributed by atoms with Crippen LogP contribution in [0.2, 0.25) is 0 Å². The van der Waals surface area contributed by atoms with Crippen LogP contribution in [0.1, 0.15) is 33.6 Å². The van der Waals surface area contributed by atoms with Gasteiger partial charge in [-0.2, -0.15) is 0 Å². The van der Waals surface area contributed by atoms with Crippen molar-refractivity contribution >= 4 is 17.9 Å². The molecule has 1 fully saturated rings. The summed E-state index contributed by atoms with van der Waals surface area (Å²) in [7, 11) is 0. The predicted molar refractivity (Wildman–Crippen MR) is 60.2 cm³/mol. The van der Waals surface area contributed by atoms with Crippen LogP contribution in [0.25, 0.3) is 0 Å². The standard InChI is InChI=1S/C11H18N2O4/c1-4-6-17-8(14)7-13-9(15)11(3,5-2)12-10(13)16/h4-7H2,1-3H3,(H,12,16)/t11-/m1/s1. The number of hydrogen-bond donors (Lipinski definition) is 1. The number of carbonyl (C=O) groups is 3. The molecular weight excluding hydrogens is 224 g/mol. The highest BCUT2D eigenvalue weighted by molar-refractivity contribution is 6.08. The Labute approximate surface area is 100 Å². The Balaban J connectivity index is 2.63. The zero-order chi connectivity index (χ0) is 13.1. The molecule has 0 bridgehead atoms. The lowest BCUT2D eigenvalue weighted by Crippen LogP contribution is -2.43. The van der Waals surface area contributed by atoms with Gasteiger partial charge in [0.05, 0.1) is 6.61 Å². The number of rotatable bonds is 5. The van der Waals surface area contributed by atoms with Crippen molar-refractivity contribution in [2.75, 3.05) is 13.2 Å². The Hall–Kier alpha value is -1.59. The molecule has 1 atom stereocenters. The van der Waals surface area contributed by atoms with Crippen LogP contribution in [0.5, 0.6) is 0 Å². The van der Waals surface area contributed by atoms with Crippen LogP contribution in [-0.4, -0.2) is 41.5 Å². The number of amides is 3. The summed E-state index contributed by atoms with van der Waals surface area (Å²) in [5.74, 6) is -0.936. The number of nitrogens with zero attached hydrogens (tertiary/aromatic N) is 1. The lowest BCUT2D eigenvalue weighted by molar-refractivity contribution is -0.147. The highest BCUT2D eigenvalue weighted by Gasteiger charge is 2.47. The number of ether oxygens (including phenoxy) is 1. The van der Waals surface area contributed by atoms with Crippen molar-refractivity contribution in [2.45, 2.75) is 39.2 Å². The maximum atomic E-state index is 11.9. The van der Waals surface area contributed by atoms with E-state index in [-0.39, 0.29) is 12.5 Å². The number of esters is 1. The van der Waals surface area contributed by atoms with E-state index in [1.807, 2.05) is 6.92 Å². The van der Waals surface area contributed by atoms with Gasteiger partial charge >= 0.3 is 12.0 Å². The molecule has 3 amide bonds. The maximum absolute atomic E-state index is 11.9. The van der Waals surface area contributed by atoms with E-state index >= 15 is 0 Å². The number of urea groups is 1. The number of hydrogen-bond acceptors (Lipinski definition) is 4. The minimum atomic E-state index is -0.901. The quantitative estimate of drug-likeness (QED) is 0.567. The summed E-state index contributed by atoms with van der Waals surface area (Å²) < 4.78 is 4.84. The van der Waals surface area contributed by atoms with E-state index in [2.05, 4.69) is 5.32 Å². The molecular formula is C11H18N2O4. The molecule has 6 nitrogen and oxygen atoms in total. The fraction of sp³-hybridized carbons (Fsp3) is 0.727. The summed E-state index contributed by atoms with van der Waals surface area (Å²) >= 11 is 0. The Morgan fingerprint density at radius 1 is 1.41 bits per heavy atom. The van der Waals surface area contributed by atoms with Crippen molar-refractivity contribution < 1.29 is 19.1 Å². The maximum Gasteiger partial charge on any atom is 0.326 e. The second-order valence-electron chi connectivity index (χ2n) is 4.23. The predicted octanol–water partition coefficient (Wildman–Crippen LogP) is 0.660. The topological polar surface area (TPSA) is 75.7 Å².